The number of thioether (sulfide) groups is 1. The van der Waals surface area contributed by atoms with E-state index in [0.29, 0.717) is 0 Å². The molecule has 124 valence electrons. The van der Waals surface area contributed by atoms with Crippen LogP contribution in [0.3, 0.4) is 0 Å². The van der Waals surface area contributed by atoms with Crippen molar-refractivity contribution in [2.75, 3.05) is 7.05 Å². The van der Waals surface area contributed by atoms with E-state index in [4.69, 9.17) is 0 Å². The van der Waals surface area contributed by atoms with E-state index in [1.165, 1.54) is 20.0 Å². The number of amides is 3. The minimum absolute atomic E-state index is 0.116. The van der Waals surface area contributed by atoms with Crippen LogP contribution >= 0.6 is 11.8 Å². The van der Waals surface area contributed by atoms with E-state index in [2.05, 4.69) is 20.8 Å². The molecule has 7 nitrogen and oxygen atoms in total. The Balaban J connectivity index is 2.23. The second kappa shape index (κ2) is 6.44. The molecule has 0 aromatic carbocycles. The fourth-order valence-corrected chi connectivity index (χ4v) is 2.44. The maximum absolute atomic E-state index is 12.8. The third kappa shape index (κ3) is 3.92. The average molecular weight is 347 g/mol. The molecule has 0 fully saturated rings. The summed E-state index contributed by atoms with van der Waals surface area (Å²) < 4.78 is 39.4. The number of urea groups is 1. The highest BCUT2D eigenvalue weighted by molar-refractivity contribution is 8.00. The van der Waals surface area contributed by atoms with Gasteiger partial charge in [0.15, 0.2) is 10.8 Å². The number of carbonyl (C=O) groups is 2. The number of fused-ring (bicyclic) bond motifs is 1. The van der Waals surface area contributed by atoms with Gasteiger partial charge in [0.05, 0.1) is 10.8 Å². The molecule has 0 saturated heterocycles. The van der Waals surface area contributed by atoms with Gasteiger partial charge in [-0.1, -0.05) is 11.8 Å². The van der Waals surface area contributed by atoms with Crippen LogP contribution < -0.4 is 10.6 Å². The number of carbonyl (C=O) groups excluding carboxylic acids is 2. The topological polar surface area (TPSA) is 88.4 Å². The summed E-state index contributed by atoms with van der Waals surface area (Å²) in [6, 6.07) is 1.42. The number of alkyl halides is 3. The number of nitrogens with one attached hydrogen (secondary N) is 2. The van der Waals surface area contributed by atoms with Crippen LogP contribution in [-0.4, -0.2) is 38.8 Å². The molecule has 2 rings (SSSR count). The first-order chi connectivity index (χ1) is 10.7. The highest BCUT2D eigenvalue weighted by atomic mass is 32.2. The maximum Gasteiger partial charge on any atom is 0.417 e. The standard InChI is InChI=1S/C12H12F3N5O2S/c1-6(9(21)17-10(22)16-2)23-11-19-18-8-4-3-7(5-20(8)11)12(13,14)15/h3-6H,1-2H3,(H2,16,17,21,22). The van der Waals surface area contributed by atoms with Crippen LogP contribution in [-0.2, 0) is 11.0 Å². The molecule has 0 saturated carbocycles. The lowest BCUT2D eigenvalue weighted by Crippen LogP contribution is -2.41. The highest BCUT2D eigenvalue weighted by Gasteiger charge is 2.31. The van der Waals surface area contributed by atoms with Gasteiger partial charge in [0, 0.05) is 13.2 Å². The first-order valence-corrected chi connectivity index (χ1v) is 7.21. The van der Waals surface area contributed by atoms with E-state index in [-0.39, 0.29) is 10.8 Å². The molecule has 1 unspecified atom stereocenters. The van der Waals surface area contributed by atoms with Crippen LogP contribution in [0.1, 0.15) is 12.5 Å². The fourth-order valence-electron chi connectivity index (χ4n) is 1.61. The van der Waals surface area contributed by atoms with Gasteiger partial charge in [-0.15, -0.1) is 10.2 Å². The van der Waals surface area contributed by atoms with Crippen molar-refractivity contribution in [1.82, 2.24) is 25.2 Å². The summed E-state index contributed by atoms with van der Waals surface area (Å²) in [5, 5.41) is 11.2. The molecule has 0 aliphatic heterocycles. The molecule has 2 aromatic rings. The van der Waals surface area contributed by atoms with Gasteiger partial charge in [0.1, 0.15) is 0 Å². The maximum atomic E-state index is 12.8. The van der Waals surface area contributed by atoms with E-state index in [1.54, 1.807) is 0 Å². The fraction of sp³-hybridized carbons (Fsp3) is 0.333. The first kappa shape index (κ1) is 17.1. The number of aromatic nitrogens is 3. The van der Waals surface area contributed by atoms with E-state index in [0.717, 1.165) is 28.4 Å². The molecule has 1 atom stereocenters. The molecular weight excluding hydrogens is 335 g/mol. The highest BCUT2D eigenvalue weighted by Crippen LogP contribution is 2.30. The second-order valence-electron chi connectivity index (χ2n) is 4.45. The van der Waals surface area contributed by atoms with Crippen molar-refractivity contribution in [2.24, 2.45) is 0 Å². The molecule has 0 bridgehead atoms. The smallest absolute Gasteiger partial charge is 0.341 e. The van der Waals surface area contributed by atoms with Crippen molar-refractivity contribution >= 4 is 29.3 Å². The van der Waals surface area contributed by atoms with Crippen molar-refractivity contribution in [3.8, 4) is 0 Å². The Hall–Kier alpha value is -2.30. The van der Waals surface area contributed by atoms with E-state index >= 15 is 0 Å². The van der Waals surface area contributed by atoms with Crippen LogP contribution in [0, 0.1) is 0 Å². The normalized spacial score (nSPS) is 12.9. The van der Waals surface area contributed by atoms with Crippen LogP contribution in [0.25, 0.3) is 5.65 Å². The Kier molecular flexibility index (Phi) is 4.78. The molecule has 0 aliphatic rings. The molecular formula is C12H12F3N5O2S. The zero-order valence-corrected chi connectivity index (χ0v) is 12.8. The molecule has 2 heterocycles. The SMILES string of the molecule is CNC(=O)NC(=O)C(C)Sc1nnc2ccc(C(F)(F)F)cn12. The van der Waals surface area contributed by atoms with Gasteiger partial charge in [-0.25, -0.2) is 4.79 Å². The number of hydrogen-bond donors (Lipinski definition) is 2. The van der Waals surface area contributed by atoms with Gasteiger partial charge in [-0.3, -0.25) is 14.5 Å². The third-order valence-electron chi connectivity index (χ3n) is 2.81. The molecule has 11 heteroatoms. The van der Waals surface area contributed by atoms with Gasteiger partial charge in [-0.2, -0.15) is 13.2 Å². The Labute approximate surface area is 132 Å². The number of hydrogen-bond acceptors (Lipinski definition) is 5. The Morgan fingerprint density at radius 2 is 2.00 bits per heavy atom. The van der Waals surface area contributed by atoms with Gasteiger partial charge in [0.25, 0.3) is 0 Å². The van der Waals surface area contributed by atoms with E-state index < -0.39 is 28.9 Å². The monoisotopic (exact) mass is 347 g/mol. The molecule has 3 amide bonds. The molecule has 0 radical (unpaired) electrons. The van der Waals surface area contributed by atoms with E-state index in [1.807, 2.05) is 0 Å². The third-order valence-corrected chi connectivity index (χ3v) is 3.87. The summed E-state index contributed by atoms with van der Waals surface area (Å²) in [5.41, 5.74) is -0.631. The average Bonchev–Trinajstić information content (AvgIpc) is 2.88. The zero-order valence-electron chi connectivity index (χ0n) is 12.0. The number of pyridine rings is 1. The lowest BCUT2D eigenvalue weighted by Gasteiger charge is -2.10. The summed E-state index contributed by atoms with van der Waals surface area (Å²) in [6.45, 7) is 1.50. The van der Waals surface area contributed by atoms with Crippen molar-refractivity contribution < 1.29 is 22.8 Å². The summed E-state index contributed by atoms with van der Waals surface area (Å²) in [4.78, 5) is 22.9. The number of imide groups is 1. The summed E-state index contributed by atoms with van der Waals surface area (Å²) in [7, 11) is 1.35. The van der Waals surface area contributed by atoms with Crippen LogP contribution in [0.5, 0.6) is 0 Å². The van der Waals surface area contributed by atoms with Crippen LogP contribution in [0.2, 0.25) is 0 Å². The van der Waals surface area contributed by atoms with Gasteiger partial charge in [-0.05, 0) is 19.1 Å². The predicted octanol–water partition coefficient (Wildman–Crippen LogP) is 1.68. The van der Waals surface area contributed by atoms with Crippen molar-refractivity contribution in [3.63, 3.8) is 0 Å². The largest absolute Gasteiger partial charge is 0.417 e. The molecule has 0 aliphatic carbocycles. The van der Waals surface area contributed by atoms with Gasteiger partial charge < -0.3 is 5.32 Å². The molecule has 2 aromatic heterocycles. The quantitative estimate of drug-likeness (QED) is 0.825. The molecule has 2 N–H and O–H groups in total. The van der Waals surface area contributed by atoms with Crippen LogP contribution in [0.15, 0.2) is 23.5 Å². The van der Waals surface area contributed by atoms with Crippen molar-refractivity contribution in [1.29, 1.82) is 0 Å². The predicted molar refractivity (Wildman–Crippen MR) is 75.9 cm³/mol. The summed E-state index contributed by atoms with van der Waals surface area (Å²) >= 11 is 0.890. The van der Waals surface area contributed by atoms with Gasteiger partial charge in [0.2, 0.25) is 5.91 Å². The second-order valence-corrected chi connectivity index (χ2v) is 5.76. The summed E-state index contributed by atoms with van der Waals surface area (Å²) in [5.74, 6) is -0.599. The lowest BCUT2D eigenvalue weighted by atomic mass is 10.3. The first-order valence-electron chi connectivity index (χ1n) is 6.33. The van der Waals surface area contributed by atoms with Crippen molar-refractivity contribution in [2.45, 2.75) is 23.5 Å². The number of rotatable bonds is 3. The Morgan fingerprint density at radius 1 is 1.30 bits per heavy atom. The Bertz CT molecular complexity index is 746. The summed E-state index contributed by atoms with van der Waals surface area (Å²) in [6.07, 6.45) is -3.64. The van der Waals surface area contributed by atoms with Crippen LogP contribution in [0.4, 0.5) is 18.0 Å². The Morgan fingerprint density at radius 3 is 2.61 bits per heavy atom. The lowest BCUT2D eigenvalue weighted by molar-refractivity contribution is -0.137. The minimum Gasteiger partial charge on any atom is -0.341 e. The number of halogens is 3. The minimum atomic E-state index is -4.50. The molecule has 23 heavy (non-hydrogen) atoms. The zero-order chi connectivity index (χ0) is 17.2. The van der Waals surface area contributed by atoms with Gasteiger partial charge >= 0.3 is 12.2 Å². The number of nitrogens with zero attached hydrogens (tertiary/aromatic N) is 3. The molecule has 0 spiro atoms. The van der Waals surface area contributed by atoms with E-state index in [9.17, 15) is 22.8 Å². The van der Waals surface area contributed by atoms with Crippen molar-refractivity contribution in [3.05, 3.63) is 23.9 Å².